The van der Waals surface area contributed by atoms with Gasteiger partial charge >= 0.3 is 5.97 Å². The maximum Gasteiger partial charge on any atom is 0.339 e. The number of carboxylic acids is 1. The van der Waals surface area contributed by atoms with E-state index >= 15 is 0 Å². The van der Waals surface area contributed by atoms with Gasteiger partial charge in [-0.3, -0.25) is 9.59 Å². The molecule has 0 aromatic heterocycles. The van der Waals surface area contributed by atoms with E-state index in [-0.39, 0.29) is 22.0 Å². The summed E-state index contributed by atoms with van der Waals surface area (Å²) in [6.45, 7) is 0. The van der Waals surface area contributed by atoms with Gasteiger partial charge < -0.3 is 9.84 Å². The van der Waals surface area contributed by atoms with Crippen LogP contribution in [0.2, 0.25) is 5.02 Å². The highest BCUT2D eigenvalue weighted by molar-refractivity contribution is 6.40. The summed E-state index contributed by atoms with van der Waals surface area (Å²) in [5.74, 6) is -1.83. The Labute approximate surface area is 172 Å². The first-order valence-electron chi connectivity index (χ1n) is 9.67. The molecule has 0 radical (unpaired) electrons. The van der Waals surface area contributed by atoms with Crippen LogP contribution in [0.5, 0.6) is 5.75 Å². The predicted octanol–water partition coefficient (Wildman–Crippen LogP) is 4.48. The van der Waals surface area contributed by atoms with Crippen molar-refractivity contribution in [3.63, 3.8) is 0 Å². The van der Waals surface area contributed by atoms with Crippen molar-refractivity contribution >= 4 is 35.1 Å². The van der Waals surface area contributed by atoms with Crippen LogP contribution in [-0.2, 0) is 6.42 Å². The number of aromatic carboxylic acids is 1. The molecule has 2 aliphatic heterocycles. The van der Waals surface area contributed by atoms with Gasteiger partial charge in [-0.15, -0.1) is 0 Å². The topological polar surface area (TPSA) is 83.9 Å². The SMILES string of the molecule is O=C(O)c1cc(Cl)c(N2C(=O)c3ccccc3C2=O)c2c1OC1(CCCCC1)C2. The molecule has 6 nitrogen and oxygen atoms in total. The smallest absolute Gasteiger partial charge is 0.339 e. The van der Waals surface area contributed by atoms with Crippen LogP contribution in [0.3, 0.4) is 0 Å². The minimum atomic E-state index is -1.15. The number of fused-ring (bicyclic) bond motifs is 2. The first-order valence-corrected chi connectivity index (χ1v) is 10.1. The number of imide groups is 1. The third kappa shape index (κ3) is 2.59. The second-order valence-electron chi connectivity index (χ2n) is 7.88. The van der Waals surface area contributed by atoms with E-state index in [1.807, 2.05) is 0 Å². The van der Waals surface area contributed by atoms with Crippen molar-refractivity contribution in [2.45, 2.75) is 44.1 Å². The molecule has 0 saturated heterocycles. The van der Waals surface area contributed by atoms with Crippen molar-refractivity contribution in [3.05, 3.63) is 57.6 Å². The monoisotopic (exact) mass is 411 g/mol. The average molecular weight is 412 g/mol. The van der Waals surface area contributed by atoms with E-state index in [1.54, 1.807) is 24.3 Å². The summed E-state index contributed by atoms with van der Waals surface area (Å²) in [6, 6.07) is 7.90. The zero-order valence-corrected chi connectivity index (χ0v) is 16.3. The van der Waals surface area contributed by atoms with Crippen LogP contribution in [0.4, 0.5) is 5.69 Å². The fourth-order valence-corrected chi connectivity index (χ4v) is 5.11. The molecule has 0 unspecified atom stereocenters. The van der Waals surface area contributed by atoms with Crippen LogP contribution in [0.25, 0.3) is 0 Å². The van der Waals surface area contributed by atoms with Crippen molar-refractivity contribution in [2.24, 2.45) is 0 Å². The number of amides is 2. The van der Waals surface area contributed by atoms with Crippen LogP contribution in [0, 0.1) is 0 Å². The maximum absolute atomic E-state index is 13.0. The Morgan fingerprint density at radius 3 is 2.28 bits per heavy atom. The van der Waals surface area contributed by atoms with Crippen molar-refractivity contribution in [1.82, 2.24) is 0 Å². The second-order valence-corrected chi connectivity index (χ2v) is 8.29. The zero-order chi connectivity index (χ0) is 20.3. The van der Waals surface area contributed by atoms with Gasteiger partial charge in [0.15, 0.2) is 0 Å². The third-order valence-corrected chi connectivity index (χ3v) is 6.42. The first kappa shape index (κ1) is 18.2. The van der Waals surface area contributed by atoms with Crippen molar-refractivity contribution in [1.29, 1.82) is 0 Å². The minimum Gasteiger partial charge on any atom is -0.486 e. The van der Waals surface area contributed by atoms with E-state index in [0.717, 1.165) is 37.0 Å². The summed E-state index contributed by atoms with van der Waals surface area (Å²) in [5, 5.41) is 9.74. The number of halogens is 1. The fraction of sp³-hybridized carbons (Fsp3) is 0.318. The Morgan fingerprint density at radius 2 is 1.69 bits per heavy atom. The molecule has 1 saturated carbocycles. The summed E-state index contributed by atoms with van der Waals surface area (Å²) in [6.07, 6.45) is 5.14. The molecule has 0 bridgehead atoms. The van der Waals surface area contributed by atoms with Crippen LogP contribution >= 0.6 is 11.6 Å². The molecule has 1 N–H and O–H groups in total. The fourth-order valence-electron chi connectivity index (χ4n) is 4.80. The van der Waals surface area contributed by atoms with E-state index in [2.05, 4.69) is 0 Å². The lowest BCUT2D eigenvalue weighted by molar-refractivity contribution is 0.0496. The predicted molar refractivity (Wildman–Crippen MR) is 106 cm³/mol. The second kappa shape index (κ2) is 6.32. The number of nitrogens with zero attached hydrogens (tertiary/aromatic N) is 1. The molecule has 1 aliphatic carbocycles. The lowest BCUT2D eigenvalue weighted by Crippen LogP contribution is -2.37. The van der Waals surface area contributed by atoms with Gasteiger partial charge in [0.1, 0.15) is 16.9 Å². The lowest BCUT2D eigenvalue weighted by atomic mass is 9.81. The number of benzene rings is 2. The molecule has 2 aromatic rings. The molecule has 7 heteroatoms. The van der Waals surface area contributed by atoms with Gasteiger partial charge in [-0.2, -0.15) is 0 Å². The molecule has 2 amide bonds. The first-order chi connectivity index (χ1) is 13.9. The molecule has 0 atom stereocenters. The summed E-state index contributed by atoms with van der Waals surface area (Å²) in [4.78, 5) is 39.0. The number of hydrogen-bond acceptors (Lipinski definition) is 4. The highest BCUT2D eigenvalue weighted by atomic mass is 35.5. The van der Waals surface area contributed by atoms with Gasteiger partial charge in [0.2, 0.25) is 0 Å². The van der Waals surface area contributed by atoms with Crippen LogP contribution in [-0.4, -0.2) is 28.5 Å². The van der Waals surface area contributed by atoms with Crippen LogP contribution in [0.1, 0.15) is 68.7 Å². The summed E-state index contributed by atoms with van der Waals surface area (Å²) in [5.41, 5.74) is 0.884. The number of carbonyl (C=O) groups is 3. The number of carboxylic acid groups (broad SMARTS) is 1. The Hall–Kier alpha value is -2.86. The molecule has 1 fully saturated rings. The Kier molecular flexibility index (Phi) is 3.96. The van der Waals surface area contributed by atoms with Gasteiger partial charge in [0.05, 0.1) is 21.8 Å². The largest absolute Gasteiger partial charge is 0.486 e. The quantitative estimate of drug-likeness (QED) is 0.737. The van der Waals surface area contributed by atoms with E-state index < -0.39 is 23.4 Å². The Morgan fingerprint density at radius 1 is 1.07 bits per heavy atom. The maximum atomic E-state index is 13.0. The van der Waals surface area contributed by atoms with Crippen LogP contribution in [0.15, 0.2) is 30.3 Å². The van der Waals surface area contributed by atoms with Gasteiger partial charge in [-0.05, 0) is 43.9 Å². The number of rotatable bonds is 2. The average Bonchev–Trinajstić information content (AvgIpc) is 3.18. The van der Waals surface area contributed by atoms with Crippen LogP contribution < -0.4 is 9.64 Å². The summed E-state index contributed by atoms with van der Waals surface area (Å²) in [7, 11) is 0. The molecular weight excluding hydrogens is 394 g/mol. The van der Waals surface area contributed by atoms with Gasteiger partial charge in [-0.25, -0.2) is 9.69 Å². The van der Waals surface area contributed by atoms with Gasteiger partial charge in [0, 0.05) is 12.0 Å². The van der Waals surface area contributed by atoms with E-state index in [0.29, 0.717) is 23.1 Å². The number of hydrogen-bond donors (Lipinski definition) is 1. The zero-order valence-electron chi connectivity index (χ0n) is 15.5. The molecule has 1 spiro atoms. The van der Waals surface area contributed by atoms with E-state index in [4.69, 9.17) is 16.3 Å². The molecule has 2 aromatic carbocycles. The number of anilines is 1. The molecule has 5 rings (SSSR count). The third-order valence-electron chi connectivity index (χ3n) is 6.13. The standard InChI is InChI=1S/C22H18ClNO5/c23-16-10-14(21(27)28)18-15(11-22(29-18)8-4-1-5-9-22)17(16)24-19(25)12-6-2-3-7-13(12)20(24)26/h2-3,6-7,10H,1,4-5,8-9,11H2,(H,27,28). The van der Waals surface area contributed by atoms with Crippen molar-refractivity contribution in [3.8, 4) is 5.75 Å². The normalized spacial score (nSPS) is 19.3. The van der Waals surface area contributed by atoms with E-state index in [9.17, 15) is 19.5 Å². The van der Waals surface area contributed by atoms with Gasteiger partial charge in [-0.1, -0.05) is 30.2 Å². The summed E-state index contributed by atoms with van der Waals surface area (Å²) >= 11 is 6.47. The Bertz CT molecular complexity index is 1050. The summed E-state index contributed by atoms with van der Waals surface area (Å²) < 4.78 is 6.24. The molecule has 2 heterocycles. The van der Waals surface area contributed by atoms with Crippen molar-refractivity contribution < 1.29 is 24.2 Å². The van der Waals surface area contributed by atoms with Crippen molar-refractivity contribution in [2.75, 3.05) is 4.90 Å². The minimum absolute atomic E-state index is 0.0344. The molecular formula is C22H18ClNO5. The molecule has 3 aliphatic rings. The van der Waals surface area contributed by atoms with E-state index in [1.165, 1.54) is 6.07 Å². The van der Waals surface area contributed by atoms with Gasteiger partial charge in [0.25, 0.3) is 11.8 Å². The molecule has 29 heavy (non-hydrogen) atoms. The number of ether oxygens (including phenoxy) is 1. The lowest BCUT2D eigenvalue weighted by Gasteiger charge is -2.32. The molecule has 148 valence electrons. The highest BCUT2D eigenvalue weighted by Gasteiger charge is 2.47. The Balaban J connectivity index is 1.69. The number of carbonyl (C=O) groups excluding carboxylic acids is 2. The highest BCUT2D eigenvalue weighted by Crippen LogP contribution is 2.51.